The Hall–Kier alpha value is -1.71. The van der Waals surface area contributed by atoms with Gasteiger partial charge in [-0.1, -0.05) is 37.5 Å². The van der Waals surface area contributed by atoms with Gasteiger partial charge in [-0.15, -0.1) is 6.58 Å². The van der Waals surface area contributed by atoms with Crippen LogP contribution in [0.1, 0.15) is 96.3 Å². The molecule has 0 heterocycles. The first-order valence-electron chi connectivity index (χ1n) is 14.5. The molecule has 1 aromatic carbocycles. The Kier molecular flexibility index (Phi) is 10.0. The molecule has 0 unspecified atom stereocenters. The first-order valence-corrected chi connectivity index (χ1v) is 14.5. The van der Waals surface area contributed by atoms with Crippen LogP contribution in [0.3, 0.4) is 0 Å². The average molecular weight is 503 g/mol. The lowest BCUT2D eigenvalue weighted by Gasteiger charge is -2.37. The summed E-state index contributed by atoms with van der Waals surface area (Å²) < 4.78 is 47.3. The minimum Gasteiger partial charge on any atom is -0.432 e. The fourth-order valence-electron chi connectivity index (χ4n) is 7.01. The molecule has 3 saturated carbocycles. The zero-order valence-corrected chi connectivity index (χ0v) is 21.9. The molecule has 0 N–H and O–H groups in total. The van der Waals surface area contributed by atoms with Crippen LogP contribution in [0.4, 0.5) is 13.2 Å². The van der Waals surface area contributed by atoms with Crippen molar-refractivity contribution >= 4 is 0 Å². The van der Waals surface area contributed by atoms with E-state index < -0.39 is 17.8 Å². The highest BCUT2D eigenvalue weighted by Gasteiger charge is 2.43. The summed E-state index contributed by atoms with van der Waals surface area (Å²) >= 11 is 0. The van der Waals surface area contributed by atoms with E-state index in [9.17, 15) is 13.2 Å². The van der Waals surface area contributed by atoms with E-state index in [1.807, 2.05) is 0 Å². The molecular weight excluding hydrogens is 457 g/mol. The fourth-order valence-corrected chi connectivity index (χ4v) is 7.01. The molecule has 0 spiro atoms. The molecule has 0 aromatic heterocycles. The normalized spacial score (nSPS) is 31.9. The van der Waals surface area contributed by atoms with Crippen LogP contribution in [0.15, 0.2) is 49.1 Å². The smallest absolute Gasteiger partial charge is 0.400 e. The predicted molar refractivity (Wildman–Crippen MR) is 142 cm³/mol. The summed E-state index contributed by atoms with van der Waals surface area (Å²) in [6, 6.07) is 4.84. The van der Waals surface area contributed by atoms with Crippen LogP contribution in [0.25, 0.3) is 0 Å². The Bertz CT molecular complexity index is 808. The number of unbranched alkanes of at least 4 members (excludes halogenated alkanes) is 1. The van der Waals surface area contributed by atoms with Gasteiger partial charge >= 0.3 is 6.11 Å². The van der Waals surface area contributed by atoms with Crippen LogP contribution >= 0.6 is 0 Å². The van der Waals surface area contributed by atoms with Gasteiger partial charge in [-0.05, 0) is 131 Å². The summed E-state index contributed by atoms with van der Waals surface area (Å²) in [4.78, 5) is 0. The minimum absolute atomic E-state index is 0.0237. The van der Waals surface area contributed by atoms with Gasteiger partial charge in [0.15, 0.2) is 0 Å². The second-order valence-corrected chi connectivity index (χ2v) is 11.8. The van der Waals surface area contributed by atoms with E-state index in [1.165, 1.54) is 76.3 Å². The van der Waals surface area contributed by atoms with E-state index in [0.29, 0.717) is 24.7 Å². The molecule has 0 aliphatic heterocycles. The molecule has 3 aliphatic rings. The molecule has 4 rings (SSSR count). The van der Waals surface area contributed by atoms with Crippen LogP contribution in [0, 0.1) is 41.3 Å². The molecule has 1 nitrogen and oxygen atoms in total. The largest absolute Gasteiger partial charge is 0.432 e. The molecule has 4 heteroatoms. The highest BCUT2D eigenvalue weighted by molar-refractivity contribution is 5.22. The summed E-state index contributed by atoms with van der Waals surface area (Å²) in [5, 5.41) is 0. The zero-order valence-electron chi connectivity index (χ0n) is 21.9. The molecule has 0 radical (unpaired) electrons. The van der Waals surface area contributed by atoms with Gasteiger partial charge in [0.1, 0.15) is 11.6 Å². The summed E-state index contributed by atoms with van der Waals surface area (Å²) in [5.41, 5.74) is 0. The summed E-state index contributed by atoms with van der Waals surface area (Å²) in [6.45, 7) is 3.84. The lowest BCUT2D eigenvalue weighted by Crippen LogP contribution is -2.37. The second kappa shape index (κ2) is 13.2. The third-order valence-corrected chi connectivity index (χ3v) is 9.37. The van der Waals surface area contributed by atoms with Crippen molar-refractivity contribution in [2.24, 2.45) is 35.5 Å². The lowest BCUT2D eigenvalue weighted by atomic mass is 9.68. The van der Waals surface area contributed by atoms with E-state index in [4.69, 9.17) is 4.74 Å². The number of alkyl halides is 2. The monoisotopic (exact) mass is 502 g/mol. The Morgan fingerprint density at radius 2 is 1.31 bits per heavy atom. The number of rotatable bonds is 10. The van der Waals surface area contributed by atoms with Crippen LogP contribution in [0.2, 0.25) is 0 Å². The number of hydrogen-bond acceptors (Lipinski definition) is 1. The van der Waals surface area contributed by atoms with Crippen molar-refractivity contribution in [1.29, 1.82) is 0 Å². The van der Waals surface area contributed by atoms with Gasteiger partial charge in [0, 0.05) is 0 Å². The molecule has 200 valence electrons. The molecule has 3 fully saturated rings. The zero-order chi connectivity index (χ0) is 25.4. The summed E-state index contributed by atoms with van der Waals surface area (Å²) in [5.74, 6) is 2.67. The molecule has 36 heavy (non-hydrogen) atoms. The Morgan fingerprint density at radius 1 is 0.778 bits per heavy atom. The maximum absolute atomic E-state index is 14.6. The molecule has 0 atom stereocenters. The minimum atomic E-state index is -3.21. The van der Waals surface area contributed by atoms with Crippen LogP contribution in [-0.4, -0.2) is 6.11 Å². The summed E-state index contributed by atoms with van der Waals surface area (Å²) in [6.07, 6.45) is 21.0. The van der Waals surface area contributed by atoms with Crippen molar-refractivity contribution in [1.82, 2.24) is 0 Å². The Balaban J connectivity index is 1.13. The van der Waals surface area contributed by atoms with E-state index in [0.717, 1.165) is 49.1 Å². The third kappa shape index (κ3) is 7.89. The second-order valence-electron chi connectivity index (χ2n) is 11.8. The van der Waals surface area contributed by atoms with Gasteiger partial charge in [-0.25, -0.2) is 4.39 Å². The van der Waals surface area contributed by atoms with Crippen molar-refractivity contribution in [2.45, 2.75) is 102 Å². The van der Waals surface area contributed by atoms with E-state index in [1.54, 1.807) is 0 Å². The SMILES string of the molecule is C=CCCCC1CCC(C2CCC(/C=C/C3CCC(C(F)(F)Oc4ccc(F)cc4)CC3)CC2)CC1. The van der Waals surface area contributed by atoms with Gasteiger partial charge < -0.3 is 4.74 Å². The lowest BCUT2D eigenvalue weighted by molar-refractivity contribution is -0.223. The third-order valence-electron chi connectivity index (χ3n) is 9.37. The van der Waals surface area contributed by atoms with Gasteiger partial charge in [0.2, 0.25) is 0 Å². The van der Waals surface area contributed by atoms with E-state index >= 15 is 0 Å². The molecule has 0 bridgehead atoms. The quantitative estimate of drug-likeness (QED) is 0.228. The summed E-state index contributed by atoms with van der Waals surface area (Å²) in [7, 11) is 0. The molecule has 3 aliphatic carbocycles. The number of halogens is 3. The van der Waals surface area contributed by atoms with Gasteiger partial charge in [0.05, 0.1) is 5.92 Å². The first-order chi connectivity index (χ1) is 17.4. The topological polar surface area (TPSA) is 9.23 Å². The average Bonchev–Trinajstić information content (AvgIpc) is 2.90. The fraction of sp³-hybridized carbons (Fsp3) is 0.688. The molecular formula is C32H45F3O. The number of hydrogen-bond donors (Lipinski definition) is 0. The number of benzene rings is 1. The van der Waals surface area contributed by atoms with Crippen molar-refractivity contribution in [3.05, 3.63) is 54.9 Å². The Morgan fingerprint density at radius 3 is 1.86 bits per heavy atom. The van der Waals surface area contributed by atoms with Crippen molar-refractivity contribution in [3.63, 3.8) is 0 Å². The van der Waals surface area contributed by atoms with Crippen molar-refractivity contribution in [3.8, 4) is 5.75 Å². The van der Waals surface area contributed by atoms with Crippen LogP contribution in [0.5, 0.6) is 5.75 Å². The maximum Gasteiger partial charge on any atom is 0.400 e. The van der Waals surface area contributed by atoms with Gasteiger partial charge in [-0.2, -0.15) is 8.78 Å². The van der Waals surface area contributed by atoms with Gasteiger partial charge in [-0.3, -0.25) is 0 Å². The van der Waals surface area contributed by atoms with E-state index in [2.05, 4.69) is 24.8 Å². The highest BCUT2D eigenvalue weighted by atomic mass is 19.3. The standard InChI is InChI=1S/C32H45F3O/c1-2-3-4-5-24-8-14-27(15-9-24)28-16-10-25(11-17-28)6-7-26-12-18-29(19-13-26)32(34,35)36-31-22-20-30(33)21-23-31/h2,6-7,20-29H,1,3-5,8-19H2/b7-6+. The van der Waals surface area contributed by atoms with Crippen molar-refractivity contribution < 1.29 is 17.9 Å². The molecule has 0 saturated heterocycles. The molecule has 1 aromatic rings. The highest BCUT2D eigenvalue weighted by Crippen LogP contribution is 2.44. The number of allylic oxidation sites excluding steroid dienone is 3. The molecule has 0 amide bonds. The van der Waals surface area contributed by atoms with Gasteiger partial charge in [0.25, 0.3) is 0 Å². The first kappa shape index (κ1) is 27.3. The van der Waals surface area contributed by atoms with Crippen LogP contribution in [-0.2, 0) is 0 Å². The predicted octanol–water partition coefficient (Wildman–Crippen LogP) is 10.1. The maximum atomic E-state index is 14.6. The van der Waals surface area contributed by atoms with E-state index in [-0.39, 0.29) is 5.75 Å². The van der Waals surface area contributed by atoms with Crippen molar-refractivity contribution in [2.75, 3.05) is 0 Å². The number of ether oxygens (including phenoxy) is 1. The Labute approximate surface area is 216 Å². The van der Waals surface area contributed by atoms with Crippen LogP contribution < -0.4 is 4.74 Å².